The molecule has 1 N–H and O–H groups in total. The molecule has 0 bridgehead atoms. The third kappa shape index (κ3) is 3.78. The van der Waals surface area contributed by atoms with E-state index in [1.54, 1.807) is 6.07 Å². The van der Waals surface area contributed by atoms with E-state index in [0.29, 0.717) is 5.69 Å². The van der Waals surface area contributed by atoms with Gasteiger partial charge in [-0.2, -0.15) is 13.2 Å². The average molecular weight is 348 g/mol. The lowest BCUT2D eigenvalue weighted by Gasteiger charge is -2.19. The fourth-order valence-electron chi connectivity index (χ4n) is 3.08. The molecule has 0 saturated carbocycles. The quantitative estimate of drug-likeness (QED) is 0.858. The first-order chi connectivity index (χ1) is 11.9. The smallest absolute Gasteiger partial charge is 0.372 e. The molecule has 1 heterocycles. The Labute approximate surface area is 144 Å². The van der Waals surface area contributed by atoms with Gasteiger partial charge in [0.05, 0.1) is 11.1 Å². The highest BCUT2D eigenvalue weighted by atomic mass is 19.4. The highest BCUT2D eigenvalue weighted by Gasteiger charge is 2.34. The highest BCUT2D eigenvalue weighted by molar-refractivity contribution is 6.05. The van der Waals surface area contributed by atoms with Crippen LogP contribution < -0.4 is 10.2 Å². The number of alkyl halides is 3. The molecule has 0 radical (unpaired) electrons. The number of rotatable bonds is 3. The van der Waals surface area contributed by atoms with Gasteiger partial charge in [-0.15, -0.1) is 0 Å². The normalized spacial score (nSPS) is 14.6. The lowest BCUT2D eigenvalue weighted by molar-refractivity contribution is -0.137. The minimum Gasteiger partial charge on any atom is -0.372 e. The molecule has 1 aliphatic heterocycles. The zero-order valence-electron chi connectivity index (χ0n) is 13.9. The number of benzene rings is 2. The second-order valence-electron chi connectivity index (χ2n) is 6.19. The molecule has 6 heteroatoms. The van der Waals surface area contributed by atoms with Gasteiger partial charge >= 0.3 is 6.18 Å². The summed E-state index contributed by atoms with van der Waals surface area (Å²) in [5.74, 6) is -0.759. The number of hydrogen-bond donors (Lipinski definition) is 1. The van der Waals surface area contributed by atoms with Crippen LogP contribution in [0.3, 0.4) is 0 Å². The molecule has 2 aromatic carbocycles. The molecular weight excluding hydrogens is 329 g/mol. The van der Waals surface area contributed by atoms with Gasteiger partial charge in [0.1, 0.15) is 0 Å². The van der Waals surface area contributed by atoms with E-state index >= 15 is 0 Å². The van der Waals surface area contributed by atoms with Crippen LogP contribution in [0.5, 0.6) is 0 Å². The summed E-state index contributed by atoms with van der Waals surface area (Å²) in [4.78, 5) is 14.6. The molecule has 1 saturated heterocycles. The summed E-state index contributed by atoms with van der Waals surface area (Å²) < 4.78 is 39.2. The van der Waals surface area contributed by atoms with Crippen molar-refractivity contribution in [2.24, 2.45) is 0 Å². The Balaban J connectivity index is 1.82. The Morgan fingerprint density at radius 3 is 2.40 bits per heavy atom. The van der Waals surface area contributed by atoms with Crippen LogP contribution in [0.1, 0.15) is 34.3 Å². The molecular formula is C19H19F3N2O. The van der Waals surface area contributed by atoms with Gasteiger partial charge in [0.2, 0.25) is 0 Å². The van der Waals surface area contributed by atoms with Crippen LogP contribution in [-0.4, -0.2) is 19.0 Å². The largest absolute Gasteiger partial charge is 0.417 e. The number of nitrogens with zero attached hydrogens (tertiary/aromatic N) is 1. The Hall–Kier alpha value is -2.50. The third-order valence-electron chi connectivity index (χ3n) is 4.41. The molecule has 0 spiro atoms. The Bertz CT molecular complexity index is 780. The van der Waals surface area contributed by atoms with Crippen LogP contribution in [0.4, 0.5) is 24.5 Å². The van der Waals surface area contributed by atoms with E-state index in [1.807, 2.05) is 19.1 Å². The molecule has 0 unspecified atom stereocenters. The molecule has 2 aromatic rings. The lowest BCUT2D eigenvalue weighted by Crippen LogP contribution is -2.20. The van der Waals surface area contributed by atoms with Gasteiger partial charge in [0.15, 0.2) is 0 Å². The number of hydrogen-bond acceptors (Lipinski definition) is 2. The van der Waals surface area contributed by atoms with Crippen molar-refractivity contribution in [1.82, 2.24) is 0 Å². The standard InChI is InChI=1S/C19H19F3N2O/c1-13-12-14(24-10-4-5-11-24)8-9-17(13)23-18(25)15-6-2-3-7-16(15)19(20,21)22/h2-3,6-9,12H,4-5,10-11H2,1H3,(H,23,25). The Morgan fingerprint density at radius 2 is 1.76 bits per heavy atom. The number of amides is 1. The number of carbonyl (C=O) groups is 1. The molecule has 1 fully saturated rings. The minimum atomic E-state index is -4.57. The van der Waals surface area contributed by atoms with Crippen molar-refractivity contribution in [2.75, 3.05) is 23.3 Å². The molecule has 3 rings (SSSR count). The summed E-state index contributed by atoms with van der Waals surface area (Å²) in [5.41, 5.74) is 1.10. The topological polar surface area (TPSA) is 32.3 Å². The lowest BCUT2D eigenvalue weighted by atomic mass is 10.1. The maximum absolute atomic E-state index is 13.1. The van der Waals surface area contributed by atoms with Crippen LogP contribution in [-0.2, 0) is 6.18 Å². The number of aryl methyl sites for hydroxylation is 1. The van der Waals surface area contributed by atoms with Crippen molar-refractivity contribution in [1.29, 1.82) is 0 Å². The molecule has 132 valence electrons. The predicted octanol–water partition coefficient (Wildman–Crippen LogP) is 4.87. The summed E-state index contributed by atoms with van der Waals surface area (Å²) >= 11 is 0. The second-order valence-corrected chi connectivity index (χ2v) is 6.19. The van der Waals surface area contributed by atoms with Crippen molar-refractivity contribution in [2.45, 2.75) is 25.9 Å². The fourth-order valence-corrected chi connectivity index (χ4v) is 3.08. The number of halogens is 3. The predicted molar refractivity (Wildman–Crippen MR) is 92.0 cm³/mol. The van der Waals surface area contributed by atoms with E-state index in [9.17, 15) is 18.0 Å². The summed E-state index contributed by atoms with van der Waals surface area (Å²) in [6.07, 6.45) is -2.25. The van der Waals surface area contributed by atoms with Crippen molar-refractivity contribution in [3.05, 3.63) is 59.2 Å². The molecule has 1 amide bonds. The first-order valence-corrected chi connectivity index (χ1v) is 8.19. The zero-order chi connectivity index (χ0) is 18.0. The van der Waals surface area contributed by atoms with Gasteiger partial charge in [0.25, 0.3) is 5.91 Å². The summed E-state index contributed by atoms with van der Waals surface area (Å²) in [6.45, 7) is 3.85. The van der Waals surface area contributed by atoms with Gasteiger partial charge in [-0.25, -0.2) is 0 Å². The first kappa shape index (κ1) is 17.3. The summed E-state index contributed by atoms with van der Waals surface area (Å²) in [5, 5.41) is 2.60. The zero-order valence-corrected chi connectivity index (χ0v) is 13.9. The van der Waals surface area contributed by atoms with Crippen molar-refractivity contribution < 1.29 is 18.0 Å². The minimum absolute atomic E-state index is 0.377. The van der Waals surface area contributed by atoms with Crippen LogP contribution >= 0.6 is 0 Å². The number of carbonyl (C=O) groups excluding carboxylic acids is 1. The molecule has 1 aliphatic rings. The van der Waals surface area contributed by atoms with E-state index in [4.69, 9.17) is 0 Å². The Kier molecular flexibility index (Phi) is 4.70. The SMILES string of the molecule is Cc1cc(N2CCCC2)ccc1NC(=O)c1ccccc1C(F)(F)F. The monoisotopic (exact) mass is 348 g/mol. The summed E-state index contributed by atoms with van der Waals surface area (Å²) in [7, 11) is 0. The molecule has 0 atom stereocenters. The number of nitrogens with one attached hydrogen (secondary N) is 1. The maximum Gasteiger partial charge on any atom is 0.417 e. The third-order valence-corrected chi connectivity index (χ3v) is 4.41. The molecule has 0 aromatic heterocycles. The molecule has 25 heavy (non-hydrogen) atoms. The fraction of sp³-hybridized carbons (Fsp3) is 0.316. The molecule has 3 nitrogen and oxygen atoms in total. The van der Waals surface area contributed by atoms with Crippen LogP contribution in [0.2, 0.25) is 0 Å². The highest BCUT2D eigenvalue weighted by Crippen LogP contribution is 2.32. The Morgan fingerprint density at radius 1 is 1.08 bits per heavy atom. The van der Waals surface area contributed by atoms with E-state index in [-0.39, 0.29) is 5.56 Å². The van der Waals surface area contributed by atoms with E-state index in [0.717, 1.165) is 43.2 Å². The average Bonchev–Trinajstić information content (AvgIpc) is 3.10. The molecule has 0 aliphatic carbocycles. The summed E-state index contributed by atoms with van der Waals surface area (Å²) in [6, 6.07) is 10.4. The first-order valence-electron chi connectivity index (χ1n) is 8.19. The van der Waals surface area contributed by atoms with Gasteiger partial charge in [-0.1, -0.05) is 12.1 Å². The van der Waals surface area contributed by atoms with Crippen LogP contribution in [0, 0.1) is 6.92 Å². The van der Waals surface area contributed by atoms with Crippen LogP contribution in [0.25, 0.3) is 0 Å². The van der Waals surface area contributed by atoms with Gasteiger partial charge < -0.3 is 10.2 Å². The van der Waals surface area contributed by atoms with Crippen molar-refractivity contribution in [3.63, 3.8) is 0 Å². The van der Waals surface area contributed by atoms with Crippen LogP contribution in [0.15, 0.2) is 42.5 Å². The second kappa shape index (κ2) is 6.78. The van der Waals surface area contributed by atoms with Crippen molar-refractivity contribution >= 4 is 17.3 Å². The van der Waals surface area contributed by atoms with Gasteiger partial charge in [0, 0.05) is 24.5 Å². The van der Waals surface area contributed by atoms with E-state index < -0.39 is 17.6 Å². The van der Waals surface area contributed by atoms with Gasteiger partial charge in [-0.05, 0) is 55.7 Å². The van der Waals surface area contributed by atoms with Gasteiger partial charge in [-0.3, -0.25) is 4.79 Å². The van der Waals surface area contributed by atoms with E-state index in [1.165, 1.54) is 18.2 Å². The number of anilines is 2. The maximum atomic E-state index is 13.1. The van der Waals surface area contributed by atoms with E-state index in [2.05, 4.69) is 10.2 Å². The van der Waals surface area contributed by atoms with Crippen molar-refractivity contribution in [3.8, 4) is 0 Å².